The molecule has 1 aliphatic heterocycles. The largest absolute Gasteiger partial charge is 0.478 e. The summed E-state index contributed by atoms with van der Waals surface area (Å²) in [5.41, 5.74) is 0.777. The second kappa shape index (κ2) is 9.59. The Kier molecular flexibility index (Phi) is 6.76. The predicted octanol–water partition coefficient (Wildman–Crippen LogP) is 1.88. The lowest BCUT2D eigenvalue weighted by atomic mass is 10.1. The maximum absolute atomic E-state index is 13.3. The fourth-order valence-electron chi connectivity index (χ4n) is 3.86. The highest BCUT2D eigenvalue weighted by Gasteiger charge is 2.32. The number of hydrogen-bond acceptors (Lipinski definition) is 7. The van der Waals surface area contributed by atoms with Crippen molar-refractivity contribution in [2.75, 3.05) is 24.3 Å². The number of aromatic carboxylic acids is 1. The van der Waals surface area contributed by atoms with Gasteiger partial charge >= 0.3 is 5.97 Å². The van der Waals surface area contributed by atoms with E-state index in [0.717, 1.165) is 17.3 Å². The summed E-state index contributed by atoms with van der Waals surface area (Å²) >= 11 is 1.07. The van der Waals surface area contributed by atoms with Crippen LogP contribution in [0.3, 0.4) is 0 Å². The number of fused-ring (bicyclic) bond motifs is 1. The fourth-order valence-corrected chi connectivity index (χ4v) is 6.56. The number of nitrogens with zero attached hydrogens (tertiary/aromatic N) is 3. The lowest BCUT2D eigenvalue weighted by Gasteiger charge is -2.23. The van der Waals surface area contributed by atoms with Crippen LogP contribution in [0.25, 0.3) is 10.9 Å². The Balaban J connectivity index is 1.66. The maximum atomic E-state index is 13.3. The number of hydrogen-bond donors (Lipinski definition) is 1. The van der Waals surface area contributed by atoms with E-state index in [-0.39, 0.29) is 62.9 Å². The van der Waals surface area contributed by atoms with E-state index in [4.69, 9.17) is 0 Å². The normalized spacial score (nSPS) is 17.0. The summed E-state index contributed by atoms with van der Waals surface area (Å²) in [4.78, 5) is 43.4. The van der Waals surface area contributed by atoms with Gasteiger partial charge in [0, 0.05) is 13.1 Å². The van der Waals surface area contributed by atoms with Crippen LogP contribution in [0.15, 0.2) is 58.5 Å². The highest BCUT2D eigenvalue weighted by atomic mass is 32.2. The van der Waals surface area contributed by atoms with Crippen LogP contribution in [-0.2, 0) is 21.2 Å². The van der Waals surface area contributed by atoms with E-state index >= 15 is 0 Å². The van der Waals surface area contributed by atoms with Crippen LogP contribution < -0.4 is 5.56 Å². The number of carbonyl (C=O) groups is 2. The molecule has 2 heterocycles. The van der Waals surface area contributed by atoms with Gasteiger partial charge in [0.2, 0.25) is 5.91 Å². The number of thioether (sulfide) groups is 1. The quantitative estimate of drug-likeness (QED) is 0.384. The Bertz CT molecular complexity index is 1420. The van der Waals surface area contributed by atoms with Crippen LogP contribution in [0.5, 0.6) is 0 Å². The molecule has 1 fully saturated rings. The molecule has 0 spiro atoms. The molecule has 1 aromatic heterocycles. The number of carbonyl (C=O) groups excluding carboxylic acids is 1. The van der Waals surface area contributed by atoms with Gasteiger partial charge in [-0.3, -0.25) is 14.2 Å². The number of rotatable bonds is 7. The van der Waals surface area contributed by atoms with Gasteiger partial charge in [0.05, 0.1) is 40.3 Å². The molecule has 178 valence electrons. The van der Waals surface area contributed by atoms with Gasteiger partial charge in [0.15, 0.2) is 15.0 Å². The Morgan fingerprint density at radius 1 is 1.21 bits per heavy atom. The van der Waals surface area contributed by atoms with Crippen molar-refractivity contribution in [1.82, 2.24) is 14.5 Å². The molecule has 0 saturated carbocycles. The number of sulfone groups is 1. The zero-order valence-electron chi connectivity index (χ0n) is 18.4. The third kappa shape index (κ3) is 5.15. The van der Waals surface area contributed by atoms with Crippen molar-refractivity contribution in [3.63, 3.8) is 0 Å². The Morgan fingerprint density at radius 2 is 1.94 bits per heavy atom. The number of amides is 1. The van der Waals surface area contributed by atoms with Crippen LogP contribution in [-0.4, -0.2) is 70.2 Å². The summed E-state index contributed by atoms with van der Waals surface area (Å²) in [6.45, 7) is 0.233. The fraction of sp³-hybridized carbons (Fsp3) is 0.304. The second-order valence-corrected chi connectivity index (χ2v) is 11.3. The summed E-state index contributed by atoms with van der Waals surface area (Å²) in [5.74, 6) is -1.43. The van der Waals surface area contributed by atoms with Gasteiger partial charge < -0.3 is 10.0 Å². The minimum atomic E-state index is -3.13. The van der Waals surface area contributed by atoms with E-state index in [1.807, 2.05) is 30.3 Å². The molecule has 1 N–H and O–H groups in total. The molecule has 34 heavy (non-hydrogen) atoms. The Hall–Kier alpha value is -3.18. The predicted molar refractivity (Wildman–Crippen MR) is 129 cm³/mol. The molecule has 11 heteroatoms. The molecule has 4 rings (SSSR count). The van der Waals surface area contributed by atoms with Crippen LogP contribution in [0.1, 0.15) is 22.3 Å². The topological polar surface area (TPSA) is 127 Å². The zero-order valence-corrected chi connectivity index (χ0v) is 20.0. The molecule has 1 amide bonds. The van der Waals surface area contributed by atoms with Crippen molar-refractivity contribution in [2.24, 2.45) is 0 Å². The maximum Gasteiger partial charge on any atom is 0.335 e. The van der Waals surface area contributed by atoms with Gasteiger partial charge in [-0.25, -0.2) is 18.2 Å². The molecule has 1 atom stereocenters. The first-order valence-corrected chi connectivity index (χ1v) is 13.4. The van der Waals surface area contributed by atoms with Crippen molar-refractivity contribution in [3.05, 3.63) is 70.0 Å². The minimum absolute atomic E-state index is 0.00871. The lowest BCUT2D eigenvalue weighted by Crippen LogP contribution is -2.39. The van der Waals surface area contributed by atoms with Gasteiger partial charge in [-0.1, -0.05) is 42.1 Å². The summed E-state index contributed by atoms with van der Waals surface area (Å²) in [7, 11) is -1.55. The summed E-state index contributed by atoms with van der Waals surface area (Å²) < 4.78 is 25.0. The molecule has 0 unspecified atom stereocenters. The molecule has 9 nitrogen and oxygen atoms in total. The first kappa shape index (κ1) is 24.0. The second-order valence-electron chi connectivity index (χ2n) is 8.16. The van der Waals surface area contributed by atoms with Crippen molar-refractivity contribution >= 4 is 44.4 Å². The van der Waals surface area contributed by atoms with E-state index in [9.17, 15) is 27.9 Å². The molecule has 0 radical (unpaired) electrons. The van der Waals surface area contributed by atoms with Gasteiger partial charge in [-0.05, 0) is 30.2 Å². The van der Waals surface area contributed by atoms with Crippen LogP contribution in [0, 0.1) is 0 Å². The SMILES string of the molecule is CN(C(=O)CSc1nc2cc(C(=O)O)ccc2c(=O)n1Cc1ccccc1)[C@H]1CCS(=O)(=O)C1. The van der Waals surface area contributed by atoms with Crippen LogP contribution in [0.2, 0.25) is 0 Å². The third-order valence-electron chi connectivity index (χ3n) is 5.83. The highest BCUT2D eigenvalue weighted by molar-refractivity contribution is 7.99. The molecular weight excluding hydrogens is 478 g/mol. The summed E-state index contributed by atoms with van der Waals surface area (Å²) in [6, 6.07) is 13.1. The monoisotopic (exact) mass is 501 g/mol. The van der Waals surface area contributed by atoms with E-state index in [1.165, 1.54) is 27.7 Å². The number of carboxylic acid groups (broad SMARTS) is 1. The Morgan fingerprint density at radius 3 is 2.59 bits per heavy atom. The van der Waals surface area contributed by atoms with Crippen molar-refractivity contribution in [3.8, 4) is 0 Å². The number of benzene rings is 2. The van der Waals surface area contributed by atoms with Crippen molar-refractivity contribution < 1.29 is 23.1 Å². The molecule has 1 aliphatic rings. The smallest absolute Gasteiger partial charge is 0.335 e. The third-order valence-corrected chi connectivity index (χ3v) is 8.54. The van der Waals surface area contributed by atoms with Crippen LogP contribution >= 0.6 is 11.8 Å². The zero-order chi connectivity index (χ0) is 24.5. The standard InChI is InChI=1S/C23H23N3O6S2/c1-25(17-9-10-34(31,32)14-17)20(27)13-33-23-24-19-11-16(22(29)30)7-8-18(19)21(28)26(23)12-15-5-3-2-4-6-15/h2-8,11,17H,9-10,12-14H2,1H3,(H,29,30)/t17-/m0/s1. The van der Waals surface area contributed by atoms with Gasteiger partial charge in [-0.2, -0.15) is 0 Å². The minimum Gasteiger partial charge on any atom is -0.478 e. The first-order valence-electron chi connectivity index (χ1n) is 10.6. The average Bonchev–Trinajstić information content (AvgIpc) is 3.18. The van der Waals surface area contributed by atoms with E-state index in [1.54, 1.807) is 7.05 Å². The molecule has 0 aliphatic carbocycles. The van der Waals surface area contributed by atoms with E-state index < -0.39 is 15.8 Å². The van der Waals surface area contributed by atoms with Gasteiger partial charge in [0.1, 0.15) is 0 Å². The van der Waals surface area contributed by atoms with Gasteiger partial charge in [-0.15, -0.1) is 0 Å². The van der Waals surface area contributed by atoms with Crippen molar-refractivity contribution in [2.45, 2.75) is 24.2 Å². The molecule has 1 saturated heterocycles. The summed E-state index contributed by atoms with van der Waals surface area (Å²) in [5, 5.41) is 9.87. The molecular formula is C23H23N3O6S2. The average molecular weight is 502 g/mol. The highest BCUT2D eigenvalue weighted by Crippen LogP contribution is 2.22. The van der Waals surface area contributed by atoms with E-state index in [0.29, 0.717) is 6.42 Å². The molecule has 2 aromatic carbocycles. The van der Waals surface area contributed by atoms with Crippen LogP contribution in [0.4, 0.5) is 0 Å². The summed E-state index contributed by atoms with van der Waals surface area (Å²) in [6.07, 6.45) is 0.403. The molecule has 3 aromatic rings. The first-order chi connectivity index (χ1) is 16.1. The van der Waals surface area contributed by atoms with Gasteiger partial charge in [0.25, 0.3) is 5.56 Å². The van der Waals surface area contributed by atoms with E-state index in [2.05, 4.69) is 4.98 Å². The van der Waals surface area contributed by atoms with Crippen molar-refractivity contribution in [1.29, 1.82) is 0 Å². The Labute approximate surface area is 200 Å². The lowest BCUT2D eigenvalue weighted by molar-refractivity contribution is -0.128. The molecule has 0 bridgehead atoms. The number of aromatic nitrogens is 2. The number of carboxylic acids is 1.